The third-order valence-corrected chi connectivity index (χ3v) is 1.91. The van der Waals surface area contributed by atoms with Gasteiger partial charge in [0.1, 0.15) is 0 Å². The average Bonchev–Trinajstić information content (AvgIpc) is 2.50. The van der Waals surface area contributed by atoms with Gasteiger partial charge in [-0.1, -0.05) is 43.4 Å². The van der Waals surface area contributed by atoms with Crippen LogP contribution in [-0.2, 0) is 0 Å². The molecule has 0 aromatic rings. The highest BCUT2D eigenvalue weighted by Gasteiger charge is 2.03. The second-order valence-corrected chi connectivity index (χ2v) is 2.92. The topological polar surface area (TPSA) is 0 Å². The SMILES string of the molecule is CCC=CC=CC1CC=CC1. The molecule has 0 N–H and O–H groups in total. The smallest absolute Gasteiger partial charge is 0.0161 e. The Morgan fingerprint density at radius 3 is 2.64 bits per heavy atom. The molecule has 1 aliphatic rings. The normalized spacial score (nSPS) is 19.4. The van der Waals surface area contributed by atoms with Crippen LogP contribution in [-0.4, -0.2) is 0 Å². The Bertz CT molecular complexity index is 164. The Labute approximate surface area is 69.3 Å². The zero-order valence-electron chi connectivity index (χ0n) is 7.16. The molecule has 1 rings (SSSR count). The van der Waals surface area contributed by atoms with Gasteiger partial charge in [-0.25, -0.2) is 0 Å². The molecule has 0 unspecified atom stereocenters. The van der Waals surface area contributed by atoms with Gasteiger partial charge < -0.3 is 0 Å². The van der Waals surface area contributed by atoms with Gasteiger partial charge >= 0.3 is 0 Å². The highest BCUT2D eigenvalue weighted by molar-refractivity contribution is 5.08. The summed E-state index contributed by atoms with van der Waals surface area (Å²) in [6.45, 7) is 2.15. The molecule has 0 spiro atoms. The molecule has 0 amide bonds. The van der Waals surface area contributed by atoms with Gasteiger partial charge in [-0.15, -0.1) is 0 Å². The minimum absolute atomic E-state index is 0.775. The fourth-order valence-corrected chi connectivity index (χ4v) is 1.23. The van der Waals surface area contributed by atoms with Gasteiger partial charge in [-0.2, -0.15) is 0 Å². The van der Waals surface area contributed by atoms with Crippen LogP contribution >= 0.6 is 0 Å². The van der Waals surface area contributed by atoms with Crippen LogP contribution in [0.2, 0.25) is 0 Å². The van der Waals surface area contributed by atoms with Crippen LogP contribution in [0.5, 0.6) is 0 Å². The number of hydrogen-bond acceptors (Lipinski definition) is 0. The van der Waals surface area contributed by atoms with Gasteiger partial charge in [0.25, 0.3) is 0 Å². The molecule has 1 aliphatic carbocycles. The Morgan fingerprint density at radius 1 is 1.27 bits per heavy atom. The molecule has 0 fully saturated rings. The molecule has 0 saturated heterocycles. The number of allylic oxidation sites excluding steroid dienone is 6. The number of hydrogen-bond donors (Lipinski definition) is 0. The largest absolute Gasteiger partial charge is 0.0879 e. The molecule has 0 aromatic heterocycles. The molecular formula is C11H16. The highest BCUT2D eigenvalue weighted by Crippen LogP contribution is 2.18. The Hall–Kier alpha value is -0.780. The molecule has 60 valence electrons. The van der Waals surface area contributed by atoms with Gasteiger partial charge in [0, 0.05) is 0 Å². The lowest BCUT2D eigenvalue weighted by Gasteiger charge is -1.97. The summed E-state index contributed by atoms with van der Waals surface area (Å²) in [5, 5.41) is 0. The molecule has 0 radical (unpaired) electrons. The summed E-state index contributed by atoms with van der Waals surface area (Å²) in [5.41, 5.74) is 0. The van der Waals surface area contributed by atoms with E-state index in [1.54, 1.807) is 0 Å². The van der Waals surface area contributed by atoms with Gasteiger partial charge in [-0.05, 0) is 25.2 Å². The van der Waals surface area contributed by atoms with E-state index in [0.717, 1.165) is 12.3 Å². The summed E-state index contributed by atoms with van der Waals surface area (Å²) in [6.07, 6.45) is 16.9. The van der Waals surface area contributed by atoms with E-state index in [4.69, 9.17) is 0 Å². The van der Waals surface area contributed by atoms with E-state index in [2.05, 4.69) is 43.4 Å². The first kappa shape index (κ1) is 8.32. The summed E-state index contributed by atoms with van der Waals surface area (Å²) >= 11 is 0. The molecule has 0 saturated carbocycles. The van der Waals surface area contributed by atoms with Crippen molar-refractivity contribution >= 4 is 0 Å². The van der Waals surface area contributed by atoms with Crippen molar-refractivity contribution in [3.63, 3.8) is 0 Å². The van der Waals surface area contributed by atoms with Crippen LogP contribution in [0.1, 0.15) is 26.2 Å². The van der Waals surface area contributed by atoms with Gasteiger partial charge in [0.2, 0.25) is 0 Å². The molecule has 0 heteroatoms. The zero-order valence-corrected chi connectivity index (χ0v) is 7.16. The summed E-state index contributed by atoms with van der Waals surface area (Å²) in [7, 11) is 0. The summed E-state index contributed by atoms with van der Waals surface area (Å²) in [4.78, 5) is 0. The van der Waals surface area contributed by atoms with Crippen molar-refractivity contribution < 1.29 is 0 Å². The second kappa shape index (κ2) is 4.95. The zero-order chi connectivity index (χ0) is 7.94. The van der Waals surface area contributed by atoms with Crippen molar-refractivity contribution in [2.24, 2.45) is 5.92 Å². The van der Waals surface area contributed by atoms with Gasteiger partial charge in [0.05, 0.1) is 0 Å². The van der Waals surface area contributed by atoms with Gasteiger partial charge in [0.15, 0.2) is 0 Å². The molecule has 0 aliphatic heterocycles. The predicted molar refractivity (Wildman–Crippen MR) is 50.4 cm³/mol. The van der Waals surface area contributed by atoms with Crippen LogP contribution in [0, 0.1) is 5.92 Å². The maximum atomic E-state index is 2.30. The van der Waals surface area contributed by atoms with E-state index < -0.39 is 0 Å². The van der Waals surface area contributed by atoms with Gasteiger partial charge in [-0.3, -0.25) is 0 Å². The Kier molecular flexibility index (Phi) is 3.74. The second-order valence-electron chi connectivity index (χ2n) is 2.92. The van der Waals surface area contributed by atoms with Crippen molar-refractivity contribution in [3.8, 4) is 0 Å². The van der Waals surface area contributed by atoms with E-state index in [0.29, 0.717) is 0 Å². The predicted octanol–water partition coefficient (Wildman–Crippen LogP) is 3.48. The van der Waals surface area contributed by atoms with E-state index in [1.165, 1.54) is 12.8 Å². The molecule has 0 bridgehead atoms. The van der Waals surface area contributed by atoms with Crippen LogP contribution < -0.4 is 0 Å². The average molecular weight is 148 g/mol. The minimum atomic E-state index is 0.775. The van der Waals surface area contributed by atoms with E-state index in [1.807, 2.05) is 0 Å². The molecule has 0 aromatic carbocycles. The highest BCUT2D eigenvalue weighted by atomic mass is 14.1. The third-order valence-electron chi connectivity index (χ3n) is 1.91. The first-order valence-electron chi connectivity index (χ1n) is 4.42. The van der Waals surface area contributed by atoms with E-state index in [9.17, 15) is 0 Å². The standard InChI is InChI=1S/C11H16/c1-2-3-4-5-8-11-9-6-7-10-11/h3-8,11H,2,9-10H2,1H3. The Morgan fingerprint density at radius 2 is 2.00 bits per heavy atom. The van der Waals surface area contributed by atoms with Crippen LogP contribution in [0.4, 0.5) is 0 Å². The summed E-state index contributed by atoms with van der Waals surface area (Å²) in [5.74, 6) is 0.775. The molecular weight excluding hydrogens is 132 g/mol. The first-order valence-corrected chi connectivity index (χ1v) is 4.42. The van der Waals surface area contributed by atoms with E-state index in [-0.39, 0.29) is 0 Å². The fourth-order valence-electron chi connectivity index (χ4n) is 1.23. The van der Waals surface area contributed by atoms with Crippen molar-refractivity contribution in [3.05, 3.63) is 36.5 Å². The quantitative estimate of drug-likeness (QED) is 0.424. The molecule has 0 atom stereocenters. The Balaban J connectivity index is 2.19. The molecule has 11 heavy (non-hydrogen) atoms. The minimum Gasteiger partial charge on any atom is -0.0879 e. The fraction of sp³-hybridized carbons (Fsp3) is 0.455. The van der Waals surface area contributed by atoms with Crippen LogP contribution in [0.3, 0.4) is 0 Å². The van der Waals surface area contributed by atoms with E-state index >= 15 is 0 Å². The number of rotatable bonds is 3. The van der Waals surface area contributed by atoms with Crippen molar-refractivity contribution in [1.82, 2.24) is 0 Å². The van der Waals surface area contributed by atoms with Crippen LogP contribution in [0.25, 0.3) is 0 Å². The lowest BCUT2D eigenvalue weighted by Crippen LogP contribution is -1.84. The van der Waals surface area contributed by atoms with Crippen molar-refractivity contribution in [2.45, 2.75) is 26.2 Å². The molecule has 0 heterocycles. The maximum Gasteiger partial charge on any atom is -0.0161 e. The molecule has 0 nitrogen and oxygen atoms in total. The monoisotopic (exact) mass is 148 g/mol. The van der Waals surface area contributed by atoms with Crippen LogP contribution in [0.15, 0.2) is 36.5 Å². The van der Waals surface area contributed by atoms with Crippen molar-refractivity contribution in [2.75, 3.05) is 0 Å². The summed E-state index contributed by atoms with van der Waals surface area (Å²) in [6, 6.07) is 0. The summed E-state index contributed by atoms with van der Waals surface area (Å²) < 4.78 is 0. The maximum absolute atomic E-state index is 2.30. The van der Waals surface area contributed by atoms with Crippen molar-refractivity contribution in [1.29, 1.82) is 0 Å². The lowest BCUT2D eigenvalue weighted by atomic mass is 10.1. The lowest BCUT2D eigenvalue weighted by molar-refractivity contribution is 0.716. The first-order chi connectivity index (χ1) is 5.43. The third kappa shape index (κ3) is 3.22.